The smallest absolute Gasteiger partial charge is 0.254 e. The Bertz CT molecular complexity index is 789. The lowest BCUT2D eigenvalue weighted by Crippen LogP contribution is -2.49. The van der Waals surface area contributed by atoms with Gasteiger partial charge in [-0.1, -0.05) is 12.1 Å². The zero-order valence-electron chi connectivity index (χ0n) is 15.8. The number of rotatable bonds is 6. The van der Waals surface area contributed by atoms with Gasteiger partial charge in [-0.3, -0.25) is 4.79 Å². The van der Waals surface area contributed by atoms with E-state index in [2.05, 4.69) is 0 Å². The van der Waals surface area contributed by atoms with E-state index in [9.17, 15) is 9.18 Å². The van der Waals surface area contributed by atoms with Gasteiger partial charge in [-0.05, 0) is 44.2 Å². The highest BCUT2D eigenvalue weighted by Crippen LogP contribution is 2.29. The summed E-state index contributed by atoms with van der Waals surface area (Å²) in [6.45, 7) is 7.12. The molecule has 0 aliphatic carbocycles. The summed E-state index contributed by atoms with van der Waals surface area (Å²) < 4.78 is 25.1. The predicted molar refractivity (Wildman–Crippen MR) is 103 cm³/mol. The third kappa shape index (κ3) is 4.32. The second-order valence-corrected chi connectivity index (χ2v) is 6.26. The van der Waals surface area contributed by atoms with Gasteiger partial charge < -0.3 is 19.3 Å². The van der Waals surface area contributed by atoms with Crippen LogP contribution in [0.4, 0.5) is 10.1 Å². The van der Waals surface area contributed by atoms with E-state index in [1.807, 2.05) is 24.8 Å². The molecule has 27 heavy (non-hydrogen) atoms. The summed E-state index contributed by atoms with van der Waals surface area (Å²) in [4.78, 5) is 16.6. The lowest BCUT2D eigenvalue weighted by Gasteiger charge is -2.36. The summed E-state index contributed by atoms with van der Waals surface area (Å²) in [6.07, 6.45) is 0. The van der Waals surface area contributed by atoms with Crippen LogP contribution in [0.25, 0.3) is 0 Å². The Labute approximate surface area is 159 Å². The lowest BCUT2D eigenvalue weighted by atomic mass is 10.1. The Hall–Kier alpha value is -2.76. The van der Waals surface area contributed by atoms with Crippen LogP contribution in [0, 0.1) is 5.82 Å². The summed E-state index contributed by atoms with van der Waals surface area (Å²) in [5.41, 5.74) is 1.16. The monoisotopic (exact) mass is 372 g/mol. The molecule has 0 bridgehead atoms. The topological polar surface area (TPSA) is 42.0 Å². The standard InChI is InChI=1S/C21H25FN2O3/c1-3-26-19-10-9-16(15-20(19)27-4-2)21(25)24-13-11-23(12-14-24)18-8-6-5-7-17(18)22/h5-10,15H,3-4,11-14H2,1-2H3. The Balaban J connectivity index is 1.68. The molecule has 0 aromatic heterocycles. The van der Waals surface area contributed by atoms with Crippen LogP contribution in [0.3, 0.4) is 0 Å². The zero-order chi connectivity index (χ0) is 19.2. The normalized spacial score (nSPS) is 14.2. The van der Waals surface area contributed by atoms with E-state index in [-0.39, 0.29) is 11.7 Å². The summed E-state index contributed by atoms with van der Waals surface area (Å²) in [5, 5.41) is 0. The summed E-state index contributed by atoms with van der Waals surface area (Å²) in [5.74, 6) is 0.938. The fourth-order valence-corrected chi connectivity index (χ4v) is 3.23. The molecule has 2 aromatic carbocycles. The number of hydrogen-bond acceptors (Lipinski definition) is 4. The number of amides is 1. The number of nitrogens with zero attached hydrogens (tertiary/aromatic N) is 2. The molecule has 0 atom stereocenters. The van der Waals surface area contributed by atoms with Gasteiger partial charge >= 0.3 is 0 Å². The fraction of sp³-hybridized carbons (Fsp3) is 0.381. The van der Waals surface area contributed by atoms with Crippen molar-refractivity contribution in [2.45, 2.75) is 13.8 Å². The minimum Gasteiger partial charge on any atom is -0.490 e. The predicted octanol–water partition coefficient (Wildman–Crippen LogP) is 3.59. The molecular weight excluding hydrogens is 347 g/mol. The Kier molecular flexibility index (Phi) is 6.16. The molecule has 0 saturated carbocycles. The van der Waals surface area contributed by atoms with Gasteiger partial charge in [0.15, 0.2) is 11.5 Å². The number of benzene rings is 2. The molecule has 0 spiro atoms. The Morgan fingerprint density at radius 1 is 0.963 bits per heavy atom. The first kappa shape index (κ1) is 19.0. The SMILES string of the molecule is CCOc1ccc(C(=O)N2CCN(c3ccccc3F)CC2)cc1OCC. The average molecular weight is 372 g/mol. The summed E-state index contributed by atoms with van der Waals surface area (Å²) >= 11 is 0. The first-order valence-corrected chi connectivity index (χ1v) is 9.32. The number of anilines is 1. The number of halogens is 1. The van der Waals surface area contributed by atoms with Gasteiger partial charge in [-0.2, -0.15) is 0 Å². The van der Waals surface area contributed by atoms with Crippen LogP contribution in [0.5, 0.6) is 11.5 Å². The molecule has 5 nitrogen and oxygen atoms in total. The molecule has 1 amide bonds. The van der Waals surface area contributed by atoms with Crippen molar-refractivity contribution in [3.05, 3.63) is 53.8 Å². The van der Waals surface area contributed by atoms with Crippen LogP contribution in [-0.4, -0.2) is 50.2 Å². The number of hydrogen-bond donors (Lipinski definition) is 0. The van der Waals surface area contributed by atoms with E-state index in [0.29, 0.717) is 62.1 Å². The van der Waals surface area contributed by atoms with E-state index in [1.54, 1.807) is 35.2 Å². The van der Waals surface area contributed by atoms with Crippen molar-refractivity contribution < 1.29 is 18.7 Å². The van der Waals surface area contributed by atoms with Crippen molar-refractivity contribution >= 4 is 11.6 Å². The molecule has 144 valence electrons. The van der Waals surface area contributed by atoms with Crippen molar-refractivity contribution in [3.63, 3.8) is 0 Å². The highest BCUT2D eigenvalue weighted by atomic mass is 19.1. The first-order valence-electron chi connectivity index (χ1n) is 9.32. The van der Waals surface area contributed by atoms with Gasteiger partial charge in [-0.15, -0.1) is 0 Å². The largest absolute Gasteiger partial charge is 0.490 e. The van der Waals surface area contributed by atoms with Gasteiger partial charge in [0.25, 0.3) is 5.91 Å². The van der Waals surface area contributed by atoms with Gasteiger partial charge in [-0.25, -0.2) is 4.39 Å². The van der Waals surface area contributed by atoms with E-state index >= 15 is 0 Å². The molecule has 1 saturated heterocycles. The maximum atomic E-state index is 14.0. The van der Waals surface area contributed by atoms with Crippen LogP contribution in [0.1, 0.15) is 24.2 Å². The van der Waals surface area contributed by atoms with Gasteiger partial charge in [0.1, 0.15) is 5.82 Å². The molecule has 2 aromatic rings. The van der Waals surface area contributed by atoms with Crippen molar-refractivity contribution in [1.29, 1.82) is 0 Å². The van der Waals surface area contributed by atoms with Crippen LogP contribution >= 0.6 is 0 Å². The highest BCUT2D eigenvalue weighted by molar-refractivity contribution is 5.95. The van der Waals surface area contributed by atoms with E-state index in [1.165, 1.54) is 6.07 Å². The maximum absolute atomic E-state index is 14.0. The number of para-hydroxylation sites is 1. The van der Waals surface area contributed by atoms with Crippen LogP contribution in [0.2, 0.25) is 0 Å². The van der Waals surface area contributed by atoms with E-state index < -0.39 is 0 Å². The minimum absolute atomic E-state index is 0.0489. The highest BCUT2D eigenvalue weighted by Gasteiger charge is 2.24. The molecule has 0 unspecified atom stereocenters. The molecule has 1 aliphatic heterocycles. The Morgan fingerprint density at radius 3 is 2.30 bits per heavy atom. The van der Waals surface area contributed by atoms with Crippen LogP contribution in [0.15, 0.2) is 42.5 Å². The third-order valence-corrected chi connectivity index (χ3v) is 4.55. The van der Waals surface area contributed by atoms with Crippen LogP contribution in [-0.2, 0) is 0 Å². The number of carbonyl (C=O) groups excluding carboxylic acids is 1. The second-order valence-electron chi connectivity index (χ2n) is 6.26. The van der Waals surface area contributed by atoms with E-state index in [4.69, 9.17) is 9.47 Å². The van der Waals surface area contributed by atoms with Crippen molar-refractivity contribution in [3.8, 4) is 11.5 Å². The van der Waals surface area contributed by atoms with Crippen LogP contribution < -0.4 is 14.4 Å². The van der Waals surface area contributed by atoms with Gasteiger partial charge in [0, 0.05) is 31.7 Å². The third-order valence-electron chi connectivity index (χ3n) is 4.55. The molecule has 1 heterocycles. The summed E-state index contributed by atoms with van der Waals surface area (Å²) in [7, 11) is 0. The number of ether oxygens (including phenoxy) is 2. The average Bonchev–Trinajstić information content (AvgIpc) is 2.70. The second kappa shape index (κ2) is 8.75. The molecule has 3 rings (SSSR count). The van der Waals surface area contributed by atoms with E-state index in [0.717, 1.165) is 0 Å². The molecular formula is C21H25FN2O3. The molecule has 1 aliphatic rings. The number of carbonyl (C=O) groups is 1. The minimum atomic E-state index is -0.231. The van der Waals surface area contributed by atoms with Crippen molar-refractivity contribution in [2.75, 3.05) is 44.3 Å². The first-order chi connectivity index (χ1) is 13.1. The quantitative estimate of drug-likeness (QED) is 0.777. The van der Waals surface area contributed by atoms with Gasteiger partial charge in [0.2, 0.25) is 0 Å². The maximum Gasteiger partial charge on any atom is 0.254 e. The lowest BCUT2D eigenvalue weighted by molar-refractivity contribution is 0.0746. The van der Waals surface area contributed by atoms with Crippen molar-refractivity contribution in [1.82, 2.24) is 4.90 Å². The zero-order valence-corrected chi connectivity index (χ0v) is 15.8. The summed E-state index contributed by atoms with van der Waals surface area (Å²) in [6, 6.07) is 12.0. The molecule has 0 N–H and O–H groups in total. The fourth-order valence-electron chi connectivity index (χ4n) is 3.23. The van der Waals surface area contributed by atoms with Gasteiger partial charge in [0.05, 0.1) is 18.9 Å². The number of piperazine rings is 1. The molecule has 0 radical (unpaired) electrons. The molecule has 1 fully saturated rings. The van der Waals surface area contributed by atoms with Crippen molar-refractivity contribution in [2.24, 2.45) is 0 Å². The Morgan fingerprint density at radius 2 is 1.63 bits per heavy atom. The molecule has 6 heteroatoms.